The molecule has 4 heterocycles. The zero-order chi connectivity index (χ0) is 39.5. The second-order valence-corrected chi connectivity index (χ2v) is 17.6. The summed E-state index contributed by atoms with van der Waals surface area (Å²) in [4.78, 5) is 25.6. The summed E-state index contributed by atoms with van der Waals surface area (Å²) in [7, 11) is 3.90. The van der Waals surface area contributed by atoms with Crippen molar-refractivity contribution in [3.63, 3.8) is 0 Å². The standard InChI is InChI=1S/C44H54F2N6O3S/c1-43(2)16-7-17-44(3,31-9-6-8-30(26-31)10-13-39(53)54-24-23-52-21-19-50(4)20-22-52)42-48-41(51(5)49-42)35-27-32(11-12-36(35)45)55-40-34(15-25-56-29-43)33-14-18-47-38(33)28-37(40)46/h6,8-9,11-12,14,18,26-28,47H,7,10,13,15-17,19-25,29H2,1-5H3. The molecular formula is C44H54F2N6O3S. The van der Waals surface area contributed by atoms with Crippen LogP contribution in [0.2, 0.25) is 0 Å². The van der Waals surface area contributed by atoms with E-state index in [9.17, 15) is 4.79 Å². The summed E-state index contributed by atoms with van der Waals surface area (Å²) in [6.07, 6.45) is 5.94. The van der Waals surface area contributed by atoms with Gasteiger partial charge < -0.3 is 19.4 Å². The number of nitrogens with zero attached hydrogens (tertiary/aromatic N) is 5. The largest absolute Gasteiger partial charge is 0.464 e. The third kappa shape index (κ3) is 9.13. The van der Waals surface area contributed by atoms with Gasteiger partial charge in [-0.2, -0.15) is 16.9 Å². The predicted octanol–water partition coefficient (Wildman–Crippen LogP) is 8.55. The lowest BCUT2D eigenvalue weighted by Crippen LogP contribution is -2.45. The minimum atomic E-state index is -0.613. The Labute approximate surface area is 333 Å². The number of likely N-dealkylation sites (N-methyl/N-ethyl adjacent to an activating group) is 1. The predicted molar refractivity (Wildman–Crippen MR) is 220 cm³/mol. The van der Waals surface area contributed by atoms with Gasteiger partial charge >= 0.3 is 5.97 Å². The van der Waals surface area contributed by atoms with Crippen LogP contribution in [0.5, 0.6) is 11.5 Å². The molecular weight excluding hydrogens is 731 g/mol. The Bertz CT molecular complexity index is 2160. The number of aromatic nitrogens is 4. The van der Waals surface area contributed by atoms with Crippen molar-refractivity contribution in [3.8, 4) is 22.9 Å². The van der Waals surface area contributed by atoms with Gasteiger partial charge in [-0.3, -0.25) is 9.69 Å². The van der Waals surface area contributed by atoms with E-state index < -0.39 is 17.0 Å². The molecule has 9 nitrogen and oxygen atoms in total. The van der Waals surface area contributed by atoms with Gasteiger partial charge in [-0.1, -0.05) is 44.5 Å². The Morgan fingerprint density at radius 1 is 1.00 bits per heavy atom. The van der Waals surface area contributed by atoms with Crippen molar-refractivity contribution < 1.29 is 23.0 Å². The molecule has 1 atom stereocenters. The zero-order valence-corrected chi connectivity index (χ0v) is 34.1. The van der Waals surface area contributed by atoms with E-state index in [1.165, 1.54) is 18.2 Å². The summed E-state index contributed by atoms with van der Waals surface area (Å²) < 4.78 is 45.0. The van der Waals surface area contributed by atoms with Gasteiger partial charge in [0.2, 0.25) is 0 Å². The molecule has 2 aliphatic rings. The lowest BCUT2D eigenvalue weighted by Gasteiger charge is -2.32. The fourth-order valence-corrected chi connectivity index (χ4v) is 9.13. The number of nitrogens with one attached hydrogen (secondary N) is 1. The Balaban J connectivity index is 1.16. The summed E-state index contributed by atoms with van der Waals surface area (Å²) in [5.74, 6) is 1.99. The molecule has 5 aromatic rings. The van der Waals surface area contributed by atoms with E-state index in [4.69, 9.17) is 19.6 Å². The lowest BCUT2D eigenvalue weighted by atomic mass is 9.75. The fraction of sp³-hybridized carbons (Fsp3) is 0.477. The number of aromatic amines is 1. The number of carbonyl (C=O) groups excluding carboxylic acids is 1. The van der Waals surface area contributed by atoms with Crippen LogP contribution in [-0.2, 0) is 34.8 Å². The number of rotatable bonds is 7. The quantitative estimate of drug-likeness (QED) is 0.165. The molecule has 1 saturated heterocycles. The van der Waals surface area contributed by atoms with Crippen LogP contribution in [0.4, 0.5) is 8.78 Å². The number of aryl methyl sites for hydroxylation is 3. The van der Waals surface area contributed by atoms with Crippen molar-refractivity contribution in [2.75, 3.05) is 57.9 Å². The van der Waals surface area contributed by atoms with E-state index in [1.807, 2.05) is 36.2 Å². The number of ether oxygens (including phenoxy) is 2. The van der Waals surface area contributed by atoms with Gasteiger partial charge in [0.05, 0.1) is 11.0 Å². The molecule has 0 amide bonds. The molecule has 7 rings (SSSR count). The molecule has 298 valence electrons. The molecule has 4 bridgehead atoms. The second kappa shape index (κ2) is 17.1. The van der Waals surface area contributed by atoms with Crippen molar-refractivity contribution in [2.45, 2.75) is 64.7 Å². The van der Waals surface area contributed by atoms with E-state index in [1.54, 1.807) is 17.8 Å². The van der Waals surface area contributed by atoms with E-state index in [2.05, 4.69) is 54.7 Å². The first-order chi connectivity index (χ1) is 26.9. The Morgan fingerprint density at radius 3 is 2.64 bits per heavy atom. The monoisotopic (exact) mass is 784 g/mol. The van der Waals surface area contributed by atoms with Gasteiger partial charge in [0.1, 0.15) is 18.2 Å². The highest BCUT2D eigenvalue weighted by Gasteiger charge is 2.35. The van der Waals surface area contributed by atoms with E-state index in [0.29, 0.717) is 48.8 Å². The van der Waals surface area contributed by atoms with Crippen molar-refractivity contribution in [1.82, 2.24) is 29.5 Å². The van der Waals surface area contributed by atoms with Gasteiger partial charge in [0.25, 0.3) is 0 Å². The van der Waals surface area contributed by atoms with Crippen LogP contribution in [0.1, 0.15) is 69.0 Å². The van der Waals surface area contributed by atoms with Crippen LogP contribution in [0, 0.1) is 17.0 Å². The normalized spacial score (nSPS) is 19.8. The van der Waals surface area contributed by atoms with Gasteiger partial charge in [-0.05, 0) is 92.0 Å². The van der Waals surface area contributed by atoms with Gasteiger partial charge in [0, 0.05) is 74.9 Å². The highest BCUT2D eigenvalue weighted by Crippen LogP contribution is 2.41. The van der Waals surface area contributed by atoms with Crippen LogP contribution in [0.3, 0.4) is 0 Å². The minimum Gasteiger partial charge on any atom is -0.464 e. The Kier molecular flexibility index (Phi) is 12.2. The third-order valence-corrected chi connectivity index (χ3v) is 13.0. The number of hydrogen-bond donors (Lipinski definition) is 1. The number of fused-ring (bicyclic) bond motifs is 8. The number of piperazine rings is 1. The van der Waals surface area contributed by atoms with Gasteiger partial charge in [0.15, 0.2) is 23.2 Å². The molecule has 56 heavy (non-hydrogen) atoms. The average Bonchev–Trinajstić information content (AvgIpc) is 3.81. The molecule has 0 radical (unpaired) electrons. The number of halogens is 2. The zero-order valence-electron chi connectivity index (χ0n) is 33.3. The number of carbonyl (C=O) groups is 1. The van der Waals surface area contributed by atoms with Gasteiger partial charge in [-0.15, -0.1) is 0 Å². The number of thioether (sulfide) groups is 1. The van der Waals surface area contributed by atoms with Crippen LogP contribution in [0.25, 0.3) is 22.3 Å². The van der Waals surface area contributed by atoms with Crippen LogP contribution in [-0.4, -0.2) is 93.4 Å². The molecule has 3 aromatic carbocycles. The Morgan fingerprint density at radius 2 is 1.82 bits per heavy atom. The molecule has 2 aliphatic heterocycles. The lowest BCUT2D eigenvalue weighted by molar-refractivity contribution is -0.144. The Hall–Kier alpha value is -4.26. The van der Waals surface area contributed by atoms with Crippen molar-refractivity contribution >= 4 is 28.6 Å². The number of esters is 1. The van der Waals surface area contributed by atoms with Crippen LogP contribution in [0.15, 0.2) is 60.8 Å². The number of H-pyrrole nitrogens is 1. The summed E-state index contributed by atoms with van der Waals surface area (Å²) in [6, 6.07) is 16.2. The highest BCUT2D eigenvalue weighted by atomic mass is 32.2. The average molecular weight is 785 g/mol. The SMILES string of the molecule is CN1CCN(CCOC(=O)CCc2cccc(C3(C)CCCC(C)(C)CSCCc4c(c(F)cc5[nH]ccc45)Oc4ccc(F)c(c4)-c4nc3nn4C)c2)CC1. The fourth-order valence-electron chi connectivity index (χ4n) is 7.94. The first kappa shape index (κ1) is 40.0. The number of hydrogen-bond acceptors (Lipinski definition) is 8. The molecule has 2 aromatic heterocycles. The van der Waals surface area contributed by atoms with Crippen LogP contribution < -0.4 is 4.74 Å². The summed E-state index contributed by atoms with van der Waals surface area (Å²) in [6.45, 7) is 12.0. The molecule has 0 aliphatic carbocycles. The third-order valence-electron chi connectivity index (χ3n) is 11.5. The van der Waals surface area contributed by atoms with E-state index in [-0.39, 0.29) is 22.7 Å². The van der Waals surface area contributed by atoms with Crippen molar-refractivity contribution in [3.05, 3.63) is 94.9 Å². The maximum absolute atomic E-state index is 15.7. The van der Waals surface area contributed by atoms with Gasteiger partial charge in [-0.25, -0.2) is 18.4 Å². The summed E-state index contributed by atoms with van der Waals surface area (Å²) >= 11 is 1.86. The molecule has 1 fully saturated rings. The molecule has 0 spiro atoms. The molecule has 1 N–H and O–H groups in total. The summed E-state index contributed by atoms with van der Waals surface area (Å²) in [5, 5.41) is 5.85. The topological polar surface area (TPSA) is 88.5 Å². The molecule has 1 unspecified atom stereocenters. The maximum atomic E-state index is 15.7. The molecule has 12 heteroatoms. The molecule has 0 saturated carbocycles. The summed E-state index contributed by atoms with van der Waals surface area (Å²) in [5.41, 5.74) is 3.22. The number of benzene rings is 3. The maximum Gasteiger partial charge on any atom is 0.306 e. The van der Waals surface area contributed by atoms with Crippen molar-refractivity contribution in [2.24, 2.45) is 12.5 Å². The first-order valence-corrected chi connectivity index (χ1v) is 21.0. The van der Waals surface area contributed by atoms with E-state index >= 15 is 8.78 Å². The van der Waals surface area contributed by atoms with Crippen molar-refractivity contribution in [1.29, 1.82) is 0 Å². The van der Waals surface area contributed by atoms with E-state index in [0.717, 1.165) is 85.6 Å². The smallest absolute Gasteiger partial charge is 0.306 e. The first-order valence-electron chi connectivity index (χ1n) is 19.8. The van der Waals surface area contributed by atoms with Crippen LogP contribution >= 0.6 is 11.8 Å². The second-order valence-electron chi connectivity index (χ2n) is 16.4. The highest BCUT2D eigenvalue weighted by molar-refractivity contribution is 7.99. The minimum absolute atomic E-state index is 0.0392.